The number of aliphatic hydroxyl groups excluding tert-OH is 1. The monoisotopic (exact) mass is 478 g/mol. The van der Waals surface area contributed by atoms with Crippen LogP contribution in [-0.4, -0.2) is 35.3 Å². The molecule has 2 bridgehead atoms. The zero-order valence-electron chi connectivity index (χ0n) is 20.8. The standard InChI is InChI=1S/C29H38N2O4/c1-3-18-16(2)14-22-20(18)10-11-21-19-6-4-8-26(33)30-13-5-7-24-28(34)27(29(35)31-24)25(32)12-9-17(19)15-23(21)22/h4,6,9-12,16-24,32H,3,5,7-8,13-15H2,1-2H3,(H,30,33)(H,31,35)/b6-4+,12-9+,27-25?/t16-,17-,18-,19+,20+,21-,22+,23+,24+/m1/s1. The number of ketones is 1. The third-order valence-corrected chi connectivity index (χ3v) is 9.42. The van der Waals surface area contributed by atoms with Crippen LogP contribution in [0.5, 0.6) is 0 Å². The number of allylic oxidation sites excluding steroid dienone is 5. The predicted molar refractivity (Wildman–Crippen MR) is 134 cm³/mol. The molecule has 35 heavy (non-hydrogen) atoms. The fourth-order valence-corrected chi connectivity index (χ4v) is 7.81. The molecule has 9 atom stereocenters. The first-order chi connectivity index (χ1) is 16.9. The SMILES string of the molecule is CC[C@H]1[C@@H]2C=C[C@@H]3[C@H]4/C=C/CC(=O)NCCC[C@@H]5NC(=O)C(=C(O)/C=C/[C@@H]4C[C@@H]3[C@H]2C[C@H]1C)C5=O. The average Bonchev–Trinajstić information content (AvgIpc) is 3.44. The van der Waals surface area contributed by atoms with Crippen molar-refractivity contribution < 1.29 is 19.5 Å². The Morgan fingerprint density at radius 2 is 1.77 bits per heavy atom. The van der Waals surface area contributed by atoms with E-state index in [2.05, 4.69) is 42.7 Å². The number of aliphatic hydroxyl groups is 1. The van der Waals surface area contributed by atoms with Crippen molar-refractivity contribution in [1.29, 1.82) is 0 Å². The number of fused-ring (bicyclic) bond motifs is 7. The van der Waals surface area contributed by atoms with Crippen molar-refractivity contribution in [2.45, 2.75) is 58.4 Å². The van der Waals surface area contributed by atoms with Gasteiger partial charge in [-0.25, -0.2) is 0 Å². The van der Waals surface area contributed by atoms with Crippen LogP contribution >= 0.6 is 0 Å². The van der Waals surface area contributed by atoms with Crippen molar-refractivity contribution in [3.8, 4) is 0 Å². The number of nitrogens with one attached hydrogen (secondary N) is 2. The molecule has 2 aliphatic heterocycles. The van der Waals surface area contributed by atoms with Gasteiger partial charge in [-0.1, -0.05) is 50.6 Å². The first-order valence-corrected chi connectivity index (χ1v) is 13.5. The summed E-state index contributed by atoms with van der Waals surface area (Å²) < 4.78 is 0. The second-order valence-electron chi connectivity index (χ2n) is 11.3. The lowest BCUT2D eigenvalue weighted by Crippen LogP contribution is -2.31. The number of amides is 2. The molecule has 5 aliphatic rings. The molecule has 3 fully saturated rings. The number of hydrogen-bond donors (Lipinski definition) is 3. The second kappa shape index (κ2) is 9.79. The molecule has 0 spiro atoms. The summed E-state index contributed by atoms with van der Waals surface area (Å²) in [5.41, 5.74) is -0.139. The second-order valence-corrected chi connectivity index (χ2v) is 11.3. The summed E-state index contributed by atoms with van der Waals surface area (Å²) in [4.78, 5) is 37.6. The van der Waals surface area contributed by atoms with Crippen LogP contribution in [0, 0.1) is 47.3 Å². The quantitative estimate of drug-likeness (QED) is 0.392. The Morgan fingerprint density at radius 3 is 2.57 bits per heavy atom. The van der Waals surface area contributed by atoms with Crippen LogP contribution in [0.2, 0.25) is 0 Å². The Bertz CT molecular complexity index is 1010. The van der Waals surface area contributed by atoms with E-state index < -0.39 is 11.9 Å². The molecule has 3 aliphatic carbocycles. The van der Waals surface area contributed by atoms with Crippen molar-refractivity contribution >= 4 is 17.6 Å². The summed E-state index contributed by atoms with van der Waals surface area (Å²) in [6, 6.07) is -0.641. The van der Waals surface area contributed by atoms with Gasteiger partial charge in [0.15, 0.2) is 5.78 Å². The van der Waals surface area contributed by atoms with Gasteiger partial charge in [0, 0.05) is 13.0 Å². The number of carbonyl (C=O) groups is 3. The highest BCUT2D eigenvalue weighted by Crippen LogP contribution is 2.58. The highest BCUT2D eigenvalue weighted by Gasteiger charge is 2.51. The van der Waals surface area contributed by atoms with E-state index in [4.69, 9.17) is 0 Å². The van der Waals surface area contributed by atoms with Gasteiger partial charge in [-0.05, 0) is 79.1 Å². The first-order valence-electron chi connectivity index (χ1n) is 13.5. The van der Waals surface area contributed by atoms with Crippen LogP contribution in [0.3, 0.4) is 0 Å². The summed E-state index contributed by atoms with van der Waals surface area (Å²) in [6.07, 6.45) is 17.5. The summed E-state index contributed by atoms with van der Waals surface area (Å²) in [5, 5.41) is 16.3. The minimum atomic E-state index is -0.641. The Balaban J connectivity index is 1.46. The maximum atomic E-state index is 12.8. The molecule has 0 aromatic rings. The molecule has 3 N–H and O–H groups in total. The van der Waals surface area contributed by atoms with E-state index in [0.29, 0.717) is 49.5 Å². The number of rotatable bonds is 1. The van der Waals surface area contributed by atoms with Gasteiger partial charge in [0.2, 0.25) is 5.91 Å². The molecule has 6 nitrogen and oxygen atoms in total. The zero-order valence-corrected chi connectivity index (χ0v) is 20.8. The van der Waals surface area contributed by atoms with Crippen LogP contribution in [0.4, 0.5) is 0 Å². The molecular weight excluding hydrogens is 440 g/mol. The zero-order chi connectivity index (χ0) is 24.7. The van der Waals surface area contributed by atoms with Crippen LogP contribution in [0.25, 0.3) is 0 Å². The molecule has 6 heteroatoms. The summed E-state index contributed by atoms with van der Waals surface area (Å²) in [6.45, 7) is 5.15. The Labute approximate surface area is 208 Å². The lowest BCUT2D eigenvalue weighted by molar-refractivity contribution is -0.120. The van der Waals surface area contributed by atoms with E-state index in [-0.39, 0.29) is 34.9 Å². The molecule has 0 aromatic heterocycles. The molecule has 2 saturated carbocycles. The highest BCUT2D eigenvalue weighted by atomic mass is 16.3. The topological polar surface area (TPSA) is 95.5 Å². The summed E-state index contributed by atoms with van der Waals surface area (Å²) in [7, 11) is 0. The Morgan fingerprint density at radius 1 is 1.00 bits per heavy atom. The van der Waals surface area contributed by atoms with Crippen molar-refractivity contribution in [2.75, 3.05) is 6.54 Å². The third kappa shape index (κ3) is 4.41. The minimum absolute atomic E-state index is 0.0235. The first kappa shape index (κ1) is 24.1. The van der Waals surface area contributed by atoms with Gasteiger partial charge in [0.1, 0.15) is 11.3 Å². The third-order valence-electron chi connectivity index (χ3n) is 9.42. The highest BCUT2D eigenvalue weighted by molar-refractivity contribution is 6.27. The van der Waals surface area contributed by atoms with E-state index in [1.165, 1.54) is 12.8 Å². The molecule has 2 heterocycles. The average molecular weight is 479 g/mol. The fraction of sp³-hybridized carbons (Fsp3) is 0.621. The van der Waals surface area contributed by atoms with Gasteiger partial charge in [-0.15, -0.1) is 0 Å². The molecule has 2 amide bonds. The van der Waals surface area contributed by atoms with Gasteiger partial charge in [0.05, 0.1) is 6.04 Å². The van der Waals surface area contributed by atoms with Crippen LogP contribution in [0.1, 0.15) is 52.4 Å². The van der Waals surface area contributed by atoms with E-state index in [1.807, 2.05) is 12.2 Å². The molecule has 5 rings (SSSR count). The molecular formula is C29H38N2O4. The van der Waals surface area contributed by atoms with Gasteiger partial charge >= 0.3 is 0 Å². The van der Waals surface area contributed by atoms with Crippen LogP contribution in [-0.2, 0) is 14.4 Å². The van der Waals surface area contributed by atoms with Crippen molar-refractivity contribution in [2.24, 2.45) is 47.3 Å². The van der Waals surface area contributed by atoms with Crippen molar-refractivity contribution in [3.63, 3.8) is 0 Å². The van der Waals surface area contributed by atoms with E-state index >= 15 is 0 Å². The van der Waals surface area contributed by atoms with E-state index in [1.54, 1.807) is 6.08 Å². The molecule has 0 radical (unpaired) electrons. The van der Waals surface area contributed by atoms with Crippen molar-refractivity contribution in [3.05, 3.63) is 47.8 Å². The summed E-state index contributed by atoms with van der Waals surface area (Å²) >= 11 is 0. The predicted octanol–water partition coefficient (Wildman–Crippen LogP) is 4.02. The molecule has 1 saturated heterocycles. The number of carbonyl (C=O) groups excluding carboxylic acids is 3. The lowest BCUT2D eigenvalue weighted by atomic mass is 9.70. The van der Waals surface area contributed by atoms with Gasteiger partial charge < -0.3 is 15.7 Å². The maximum absolute atomic E-state index is 12.8. The minimum Gasteiger partial charge on any atom is -0.507 e. The van der Waals surface area contributed by atoms with E-state index in [9.17, 15) is 19.5 Å². The lowest BCUT2D eigenvalue weighted by Gasteiger charge is -2.35. The number of Topliss-reactive ketones (excluding diaryl/α,β-unsaturated/α-hetero) is 1. The van der Waals surface area contributed by atoms with Gasteiger partial charge in [-0.3, -0.25) is 14.4 Å². The molecule has 188 valence electrons. The normalized spacial score (nSPS) is 43.3. The van der Waals surface area contributed by atoms with Crippen molar-refractivity contribution in [1.82, 2.24) is 10.6 Å². The number of hydrogen-bond acceptors (Lipinski definition) is 4. The maximum Gasteiger partial charge on any atom is 0.259 e. The van der Waals surface area contributed by atoms with Gasteiger partial charge in [0.25, 0.3) is 5.91 Å². The largest absolute Gasteiger partial charge is 0.507 e. The molecule has 0 aromatic carbocycles. The fourth-order valence-electron chi connectivity index (χ4n) is 7.81. The van der Waals surface area contributed by atoms with E-state index in [0.717, 1.165) is 18.3 Å². The van der Waals surface area contributed by atoms with Crippen LogP contribution in [0.15, 0.2) is 47.8 Å². The summed E-state index contributed by atoms with van der Waals surface area (Å²) in [5.74, 6) is 3.04. The van der Waals surface area contributed by atoms with Gasteiger partial charge in [-0.2, -0.15) is 0 Å². The Hall–Kier alpha value is -2.63. The Kier molecular flexibility index (Phi) is 6.73. The molecule has 0 unspecified atom stereocenters. The van der Waals surface area contributed by atoms with Crippen LogP contribution < -0.4 is 10.6 Å². The smallest absolute Gasteiger partial charge is 0.259 e.